The van der Waals surface area contributed by atoms with Crippen LogP contribution in [0, 0.1) is 11.3 Å². The van der Waals surface area contributed by atoms with Crippen molar-refractivity contribution in [3.05, 3.63) is 40.8 Å². The summed E-state index contributed by atoms with van der Waals surface area (Å²) in [7, 11) is 0. The van der Waals surface area contributed by atoms with Gasteiger partial charge in [-0.1, -0.05) is 0 Å². The van der Waals surface area contributed by atoms with Gasteiger partial charge in [-0.25, -0.2) is 0 Å². The zero-order chi connectivity index (χ0) is 18.6. The second-order valence-electron chi connectivity index (χ2n) is 6.86. The fraction of sp³-hybridized carbons (Fsp3) is 0.400. The van der Waals surface area contributed by atoms with Gasteiger partial charge in [-0.15, -0.1) is 11.3 Å². The molecule has 1 fully saturated rings. The van der Waals surface area contributed by atoms with Crippen molar-refractivity contribution in [2.24, 2.45) is 0 Å². The summed E-state index contributed by atoms with van der Waals surface area (Å²) in [5.74, 6) is 1.55. The molecule has 0 bridgehead atoms. The molecule has 27 heavy (non-hydrogen) atoms. The second-order valence-corrected chi connectivity index (χ2v) is 7.78. The summed E-state index contributed by atoms with van der Waals surface area (Å²) < 4.78 is 11.5. The Balaban J connectivity index is 1.45. The van der Waals surface area contributed by atoms with Crippen LogP contribution in [-0.4, -0.2) is 32.2 Å². The van der Waals surface area contributed by atoms with E-state index in [0.29, 0.717) is 30.3 Å². The number of nitrogens with one attached hydrogen (secondary N) is 2. The summed E-state index contributed by atoms with van der Waals surface area (Å²) in [6, 6.07) is 10.2. The first-order chi connectivity index (χ1) is 13.2. The quantitative estimate of drug-likeness (QED) is 0.847. The molecule has 1 aromatic heterocycles. The Hall–Kier alpha value is -2.56. The van der Waals surface area contributed by atoms with Gasteiger partial charge in [0.2, 0.25) is 0 Å². The highest BCUT2D eigenvalue weighted by molar-refractivity contribution is 7.14. The molecule has 1 saturated heterocycles. The third-order valence-corrected chi connectivity index (χ3v) is 5.91. The fourth-order valence-corrected chi connectivity index (χ4v) is 4.55. The van der Waals surface area contributed by atoms with E-state index in [2.05, 4.69) is 23.5 Å². The number of fused-ring (bicyclic) bond motifs is 1. The summed E-state index contributed by atoms with van der Waals surface area (Å²) in [5.41, 5.74) is 1.71. The van der Waals surface area contributed by atoms with Gasteiger partial charge in [-0.3, -0.25) is 4.79 Å². The van der Waals surface area contributed by atoms with E-state index in [1.807, 2.05) is 11.4 Å². The number of nitriles is 1. The molecular weight excluding hydrogens is 362 g/mol. The van der Waals surface area contributed by atoms with Crippen molar-refractivity contribution in [3.63, 3.8) is 0 Å². The van der Waals surface area contributed by atoms with Crippen LogP contribution in [0.2, 0.25) is 0 Å². The van der Waals surface area contributed by atoms with Crippen LogP contribution >= 0.6 is 11.3 Å². The number of benzene rings is 1. The van der Waals surface area contributed by atoms with Gasteiger partial charge in [-0.2, -0.15) is 5.26 Å². The van der Waals surface area contributed by atoms with Gasteiger partial charge >= 0.3 is 0 Å². The lowest BCUT2D eigenvalue weighted by Crippen LogP contribution is -3.11. The number of carbonyl (C=O) groups is 1. The van der Waals surface area contributed by atoms with Crippen molar-refractivity contribution in [3.8, 4) is 17.6 Å². The zero-order valence-corrected chi connectivity index (χ0v) is 15.8. The minimum absolute atomic E-state index is 0.0507. The molecule has 2 aliphatic rings. The number of rotatable bonds is 4. The van der Waals surface area contributed by atoms with Crippen LogP contribution in [0.25, 0.3) is 0 Å². The highest BCUT2D eigenvalue weighted by Gasteiger charge is 2.32. The van der Waals surface area contributed by atoms with Crippen molar-refractivity contribution in [2.45, 2.75) is 25.3 Å². The molecule has 2 atom stereocenters. The molecule has 3 heterocycles. The van der Waals surface area contributed by atoms with E-state index in [1.165, 1.54) is 21.8 Å². The monoisotopic (exact) mass is 384 g/mol. The molecule has 2 aromatic rings. The Labute approximate surface area is 162 Å². The van der Waals surface area contributed by atoms with Gasteiger partial charge in [0.05, 0.1) is 25.3 Å². The first-order valence-corrected chi connectivity index (χ1v) is 10.1. The topological polar surface area (TPSA) is 75.8 Å². The Kier molecular flexibility index (Phi) is 5.28. The molecule has 2 aliphatic heterocycles. The summed E-state index contributed by atoms with van der Waals surface area (Å²) in [6.45, 7) is 2.70. The van der Waals surface area contributed by atoms with Crippen LogP contribution in [-0.2, 0) is 4.79 Å². The summed E-state index contributed by atoms with van der Waals surface area (Å²) in [4.78, 5) is 13.8. The highest BCUT2D eigenvalue weighted by Crippen LogP contribution is 2.33. The van der Waals surface area contributed by atoms with E-state index >= 15 is 0 Å². The molecule has 4 rings (SSSR count). The molecule has 6 nitrogen and oxygen atoms in total. The Morgan fingerprint density at radius 3 is 2.96 bits per heavy atom. The molecule has 0 spiro atoms. The lowest BCUT2D eigenvalue weighted by Gasteiger charge is -2.22. The van der Waals surface area contributed by atoms with Crippen molar-refractivity contribution in [2.75, 3.05) is 31.6 Å². The van der Waals surface area contributed by atoms with Crippen LogP contribution < -0.4 is 19.7 Å². The van der Waals surface area contributed by atoms with Crippen LogP contribution in [0.1, 0.15) is 36.4 Å². The average molecular weight is 384 g/mol. The molecule has 0 aliphatic carbocycles. The summed E-state index contributed by atoms with van der Waals surface area (Å²) in [5, 5.41) is 14.4. The maximum absolute atomic E-state index is 12.5. The third-order valence-electron chi connectivity index (χ3n) is 5.08. The van der Waals surface area contributed by atoms with Gasteiger partial charge in [0.15, 0.2) is 18.0 Å². The molecule has 0 saturated carbocycles. The highest BCUT2D eigenvalue weighted by atomic mass is 32.1. The Morgan fingerprint density at radius 1 is 1.26 bits per heavy atom. The number of nitrogens with zero attached hydrogens (tertiary/aromatic N) is 1. The number of amides is 1. The maximum atomic E-state index is 12.5. The summed E-state index contributed by atoms with van der Waals surface area (Å²) in [6.07, 6.45) is 3.02. The second kappa shape index (κ2) is 7.99. The van der Waals surface area contributed by atoms with Gasteiger partial charge in [0.25, 0.3) is 5.91 Å². The van der Waals surface area contributed by atoms with Crippen LogP contribution in [0.4, 0.5) is 5.00 Å². The van der Waals surface area contributed by atoms with Crippen molar-refractivity contribution in [1.29, 1.82) is 5.26 Å². The lowest BCUT2D eigenvalue weighted by atomic mass is 10.0. The summed E-state index contributed by atoms with van der Waals surface area (Å²) >= 11 is 1.38. The molecule has 1 amide bonds. The Bertz CT molecular complexity index is 874. The number of hydrogen-bond donors (Lipinski definition) is 2. The molecular formula is C20H22N3O3S+. The number of thiophene rings is 1. The number of hydrogen-bond acceptors (Lipinski definition) is 5. The number of likely N-dealkylation sites (tertiary alicyclic amines) is 1. The van der Waals surface area contributed by atoms with Crippen LogP contribution in [0.15, 0.2) is 29.6 Å². The smallest absolute Gasteiger partial charge is 0.280 e. The van der Waals surface area contributed by atoms with Crippen molar-refractivity contribution < 1.29 is 19.2 Å². The van der Waals surface area contributed by atoms with E-state index in [0.717, 1.165) is 37.3 Å². The van der Waals surface area contributed by atoms with E-state index < -0.39 is 0 Å². The normalized spacial score (nSPS) is 21.3. The van der Waals surface area contributed by atoms with E-state index in [4.69, 9.17) is 14.7 Å². The van der Waals surface area contributed by atoms with E-state index in [-0.39, 0.29) is 11.9 Å². The minimum atomic E-state index is -0.0507. The molecule has 1 unspecified atom stereocenters. The number of quaternary nitrogens is 1. The molecule has 0 radical (unpaired) electrons. The number of ether oxygens (including phenoxy) is 2. The average Bonchev–Trinajstić information content (AvgIpc) is 3.24. The van der Waals surface area contributed by atoms with Crippen molar-refractivity contribution in [1.82, 2.24) is 0 Å². The predicted octanol–water partition coefficient (Wildman–Crippen LogP) is 2.14. The van der Waals surface area contributed by atoms with Crippen LogP contribution in [0.3, 0.4) is 0 Å². The molecule has 2 N–H and O–H groups in total. The molecule has 7 heteroatoms. The van der Waals surface area contributed by atoms with E-state index in [9.17, 15) is 4.79 Å². The maximum Gasteiger partial charge on any atom is 0.280 e. The van der Waals surface area contributed by atoms with E-state index in [1.54, 1.807) is 6.07 Å². The number of anilines is 1. The predicted molar refractivity (Wildman–Crippen MR) is 102 cm³/mol. The lowest BCUT2D eigenvalue weighted by molar-refractivity contribution is -0.910. The van der Waals surface area contributed by atoms with Crippen LogP contribution in [0.5, 0.6) is 11.5 Å². The third kappa shape index (κ3) is 3.92. The van der Waals surface area contributed by atoms with Gasteiger partial charge in [0.1, 0.15) is 17.1 Å². The molecule has 140 valence electrons. The first-order valence-electron chi connectivity index (χ1n) is 9.26. The van der Waals surface area contributed by atoms with Gasteiger partial charge < -0.3 is 19.7 Å². The largest absolute Gasteiger partial charge is 0.490 e. The number of carbonyl (C=O) groups excluding carboxylic acids is 1. The van der Waals surface area contributed by atoms with Gasteiger partial charge in [0, 0.05) is 24.8 Å². The SMILES string of the molecule is N#Cc1ccsc1NC(=O)C[NH+]1CCC[C@H]1c1ccc2c(c1)OCCCO2. The fourth-order valence-electron chi connectivity index (χ4n) is 3.79. The van der Waals surface area contributed by atoms with Crippen molar-refractivity contribution >= 4 is 22.2 Å². The molecule has 1 aromatic carbocycles. The first kappa shape index (κ1) is 17.8. The van der Waals surface area contributed by atoms with Gasteiger partial charge in [-0.05, 0) is 29.6 Å². The Morgan fingerprint density at radius 2 is 2.11 bits per heavy atom. The standard InChI is InChI=1S/C20H21N3O3S/c21-12-15-6-10-27-20(15)22-19(24)13-23-7-1-3-16(23)14-4-5-17-18(11-14)26-9-2-8-25-17/h4-6,10-11,16H,1-3,7-9,13H2,(H,22,24)/p+1/t16-/m0/s1. The minimum Gasteiger partial charge on any atom is -0.490 e. The zero-order valence-electron chi connectivity index (χ0n) is 15.0.